The SMILES string of the molecule is CCOC(C(=O)O)c1cscn1. The molecule has 0 aliphatic heterocycles. The monoisotopic (exact) mass is 187 g/mol. The summed E-state index contributed by atoms with van der Waals surface area (Å²) in [6, 6.07) is 0. The standard InChI is InChI=1S/C7H9NO3S/c1-2-11-6(7(9)10)5-3-12-4-8-5/h3-4,6H,2H2,1H3,(H,9,10). The van der Waals surface area contributed by atoms with E-state index in [1.165, 1.54) is 11.3 Å². The van der Waals surface area contributed by atoms with E-state index in [4.69, 9.17) is 9.84 Å². The number of aliphatic carboxylic acids is 1. The van der Waals surface area contributed by atoms with Crippen LogP contribution in [0.4, 0.5) is 0 Å². The molecular formula is C7H9NO3S. The number of carboxylic acids is 1. The van der Waals surface area contributed by atoms with Crippen LogP contribution in [-0.4, -0.2) is 22.7 Å². The Morgan fingerprint density at radius 1 is 1.92 bits per heavy atom. The third-order valence-electron chi connectivity index (χ3n) is 1.28. The van der Waals surface area contributed by atoms with Gasteiger partial charge >= 0.3 is 5.97 Å². The van der Waals surface area contributed by atoms with Gasteiger partial charge in [0.05, 0.1) is 11.2 Å². The van der Waals surface area contributed by atoms with Crippen molar-refractivity contribution in [2.75, 3.05) is 6.61 Å². The van der Waals surface area contributed by atoms with E-state index in [2.05, 4.69) is 4.98 Å². The zero-order valence-corrected chi connectivity index (χ0v) is 7.37. The lowest BCUT2D eigenvalue weighted by Gasteiger charge is -2.08. The van der Waals surface area contributed by atoms with Crippen molar-refractivity contribution in [1.82, 2.24) is 4.98 Å². The molecule has 1 aromatic heterocycles. The van der Waals surface area contributed by atoms with Crippen molar-refractivity contribution < 1.29 is 14.6 Å². The van der Waals surface area contributed by atoms with Gasteiger partial charge in [0.2, 0.25) is 0 Å². The second-order valence-electron chi connectivity index (χ2n) is 2.09. The average molecular weight is 187 g/mol. The first-order chi connectivity index (χ1) is 5.75. The fourth-order valence-corrected chi connectivity index (χ4v) is 1.37. The Morgan fingerprint density at radius 2 is 2.67 bits per heavy atom. The largest absolute Gasteiger partial charge is 0.479 e. The molecule has 0 spiro atoms. The van der Waals surface area contributed by atoms with E-state index in [-0.39, 0.29) is 0 Å². The normalized spacial score (nSPS) is 12.8. The van der Waals surface area contributed by atoms with Crippen LogP contribution in [-0.2, 0) is 9.53 Å². The van der Waals surface area contributed by atoms with Gasteiger partial charge in [-0.3, -0.25) is 0 Å². The molecule has 1 heterocycles. The summed E-state index contributed by atoms with van der Waals surface area (Å²) in [5, 5.41) is 10.4. The minimum absolute atomic E-state index is 0.370. The highest BCUT2D eigenvalue weighted by Crippen LogP contribution is 2.16. The van der Waals surface area contributed by atoms with Crippen LogP contribution >= 0.6 is 11.3 Å². The summed E-state index contributed by atoms with van der Waals surface area (Å²) in [7, 11) is 0. The van der Waals surface area contributed by atoms with Crippen molar-refractivity contribution in [3.8, 4) is 0 Å². The van der Waals surface area contributed by atoms with Gasteiger partial charge in [-0.1, -0.05) is 0 Å². The van der Waals surface area contributed by atoms with Crippen LogP contribution in [0.3, 0.4) is 0 Å². The van der Waals surface area contributed by atoms with Crippen LogP contribution in [0, 0.1) is 0 Å². The minimum Gasteiger partial charge on any atom is -0.479 e. The van der Waals surface area contributed by atoms with E-state index in [1.54, 1.807) is 17.8 Å². The van der Waals surface area contributed by atoms with E-state index in [1.807, 2.05) is 0 Å². The Balaban J connectivity index is 2.73. The molecule has 4 nitrogen and oxygen atoms in total. The lowest BCUT2D eigenvalue weighted by Crippen LogP contribution is -2.15. The first-order valence-electron chi connectivity index (χ1n) is 3.48. The lowest BCUT2D eigenvalue weighted by atomic mass is 10.3. The molecule has 66 valence electrons. The Hall–Kier alpha value is -0.940. The summed E-state index contributed by atoms with van der Waals surface area (Å²) >= 11 is 1.36. The zero-order chi connectivity index (χ0) is 8.97. The van der Waals surface area contributed by atoms with Crippen molar-refractivity contribution in [1.29, 1.82) is 0 Å². The van der Waals surface area contributed by atoms with Crippen molar-refractivity contribution in [2.45, 2.75) is 13.0 Å². The molecule has 0 aliphatic rings. The van der Waals surface area contributed by atoms with Gasteiger partial charge in [0.15, 0.2) is 6.10 Å². The fraction of sp³-hybridized carbons (Fsp3) is 0.429. The quantitative estimate of drug-likeness (QED) is 0.772. The van der Waals surface area contributed by atoms with Crippen LogP contribution in [0.25, 0.3) is 0 Å². The van der Waals surface area contributed by atoms with Gasteiger partial charge in [-0.15, -0.1) is 11.3 Å². The Kier molecular flexibility index (Phi) is 3.19. The number of carbonyl (C=O) groups is 1. The molecule has 1 unspecified atom stereocenters. The van der Waals surface area contributed by atoms with E-state index >= 15 is 0 Å². The highest BCUT2D eigenvalue weighted by molar-refractivity contribution is 7.07. The van der Waals surface area contributed by atoms with Gasteiger partial charge in [0.1, 0.15) is 0 Å². The highest BCUT2D eigenvalue weighted by atomic mass is 32.1. The molecule has 1 aromatic rings. The van der Waals surface area contributed by atoms with E-state index in [0.29, 0.717) is 12.3 Å². The first-order valence-corrected chi connectivity index (χ1v) is 4.42. The molecule has 0 saturated carbocycles. The molecule has 0 saturated heterocycles. The molecule has 5 heteroatoms. The van der Waals surface area contributed by atoms with E-state index < -0.39 is 12.1 Å². The molecule has 0 radical (unpaired) electrons. The van der Waals surface area contributed by atoms with Crippen LogP contribution in [0.2, 0.25) is 0 Å². The summed E-state index contributed by atoms with van der Waals surface area (Å²) in [5.41, 5.74) is 2.05. The van der Waals surface area contributed by atoms with Gasteiger partial charge in [-0.2, -0.15) is 0 Å². The zero-order valence-electron chi connectivity index (χ0n) is 6.56. The predicted molar refractivity (Wildman–Crippen MR) is 44.1 cm³/mol. The lowest BCUT2D eigenvalue weighted by molar-refractivity contribution is -0.150. The van der Waals surface area contributed by atoms with Crippen molar-refractivity contribution in [3.05, 3.63) is 16.6 Å². The maximum absolute atomic E-state index is 10.6. The first kappa shape index (κ1) is 9.15. The number of aromatic nitrogens is 1. The number of carboxylic acid groups (broad SMARTS) is 1. The third kappa shape index (κ3) is 2.02. The van der Waals surface area contributed by atoms with Crippen LogP contribution in [0.5, 0.6) is 0 Å². The summed E-state index contributed by atoms with van der Waals surface area (Å²) in [6.07, 6.45) is -0.916. The molecule has 1 rings (SSSR count). The van der Waals surface area contributed by atoms with Crippen LogP contribution in [0.1, 0.15) is 18.7 Å². The topological polar surface area (TPSA) is 59.4 Å². The summed E-state index contributed by atoms with van der Waals surface area (Å²) < 4.78 is 4.99. The molecular weight excluding hydrogens is 178 g/mol. The number of ether oxygens (including phenoxy) is 1. The molecule has 12 heavy (non-hydrogen) atoms. The van der Waals surface area contributed by atoms with E-state index in [0.717, 1.165) is 0 Å². The van der Waals surface area contributed by atoms with Crippen molar-refractivity contribution in [2.24, 2.45) is 0 Å². The van der Waals surface area contributed by atoms with Crippen molar-refractivity contribution >= 4 is 17.3 Å². The third-order valence-corrected chi connectivity index (χ3v) is 1.88. The van der Waals surface area contributed by atoms with Crippen LogP contribution in [0.15, 0.2) is 10.9 Å². The minimum atomic E-state index is -0.997. The Bertz CT molecular complexity index is 247. The van der Waals surface area contributed by atoms with Gasteiger partial charge < -0.3 is 9.84 Å². The smallest absolute Gasteiger partial charge is 0.339 e. The van der Waals surface area contributed by atoms with Gasteiger partial charge in [0, 0.05) is 12.0 Å². The van der Waals surface area contributed by atoms with Crippen LogP contribution < -0.4 is 0 Å². The maximum Gasteiger partial charge on any atom is 0.339 e. The number of thiazole rings is 1. The highest BCUT2D eigenvalue weighted by Gasteiger charge is 2.21. The molecule has 0 bridgehead atoms. The summed E-state index contributed by atoms with van der Waals surface area (Å²) in [6.45, 7) is 2.12. The molecule has 0 amide bonds. The number of rotatable bonds is 4. The summed E-state index contributed by atoms with van der Waals surface area (Å²) in [5.74, 6) is -0.997. The second kappa shape index (κ2) is 4.18. The fourth-order valence-electron chi connectivity index (χ4n) is 0.801. The molecule has 1 atom stereocenters. The Labute approximate surface area is 73.8 Å². The molecule has 0 aromatic carbocycles. The van der Waals surface area contributed by atoms with Gasteiger partial charge in [0.25, 0.3) is 0 Å². The average Bonchev–Trinajstić information content (AvgIpc) is 2.51. The Morgan fingerprint density at radius 3 is 3.08 bits per heavy atom. The number of hydrogen-bond donors (Lipinski definition) is 1. The second-order valence-corrected chi connectivity index (χ2v) is 2.81. The molecule has 0 fully saturated rings. The predicted octanol–water partition coefficient (Wildman–Crippen LogP) is 1.31. The maximum atomic E-state index is 10.6. The summed E-state index contributed by atoms with van der Waals surface area (Å²) in [4.78, 5) is 14.5. The number of nitrogens with zero attached hydrogens (tertiary/aromatic N) is 1. The number of hydrogen-bond acceptors (Lipinski definition) is 4. The van der Waals surface area contributed by atoms with Gasteiger partial charge in [-0.05, 0) is 6.92 Å². The molecule has 1 N–H and O–H groups in total. The van der Waals surface area contributed by atoms with Gasteiger partial charge in [-0.25, -0.2) is 9.78 Å². The molecule has 0 aliphatic carbocycles. The van der Waals surface area contributed by atoms with Crippen molar-refractivity contribution in [3.63, 3.8) is 0 Å². The van der Waals surface area contributed by atoms with E-state index in [9.17, 15) is 4.79 Å².